The largest absolute Gasteiger partial charge is 0.456 e. The van der Waals surface area contributed by atoms with Crippen LogP contribution in [0, 0.1) is 13.8 Å². The lowest BCUT2D eigenvalue weighted by atomic mass is 10.1. The maximum atomic E-state index is 12.5. The van der Waals surface area contributed by atoms with E-state index in [0.29, 0.717) is 5.56 Å². The predicted octanol–water partition coefficient (Wildman–Crippen LogP) is 3.69. The van der Waals surface area contributed by atoms with Crippen molar-refractivity contribution in [2.24, 2.45) is 0 Å². The maximum absolute atomic E-state index is 12.5. The summed E-state index contributed by atoms with van der Waals surface area (Å²) in [5, 5.41) is 2.25. The van der Waals surface area contributed by atoms with Crippen molar-refractivity contribution in [2.75, 3.05) is 13.2 Å². The maximum Gasteiger partial charge on any atom is 0.416 e. The number of hydrogen-bond acceptors (Lipinski definition) is 4. The molecule has 0 fully saturated rings. The van der Waals surface area contributed by atoms with Gasteiger partial charge < -0.3 is 14.6 Å². The first-order valence-corrected chi connectivity index (χ1v) is 9.35. The summed E-state index contributed by atoms with van der Waals surface area (Å²) in [6, 6.07) is 5.33. The molecule has 30 heavy (non-hydrogen) atoms. The zero-order chi connectivity index (χ0) is 22.5. The Kier molecular flexibility index (Phi) is 7.42. The Morgan fingerprint density at radius 2 is 1.73 bits per heavy atom. The average Bonchev–Trinajstić information content (AvgIpc) is 2.98. The number of nitrogens with one attached hydrogen (secondary N) is 1. The van der Waals surface area contributed by atoms with Gasteiger partial charge in [-0.25, -0.2) is 0 Å². The molecular weight excluding hydrogens is 401 g/mol. The van der Waals surface area contributed by atoms with E-state index in [4.69, 9.17) is 4.74 Å². The van der Waals surface area contributed by atoms with Crippen LogP contribution in [0.3, 0.4) is 0 Å². The van der Waals surface area contributed by atoms with Gasteiger partial charge in [0.15, 0.2) is 6.61 Å². The van der Waals surface area contributed by atoms with Crippen molar-refractivity contribution >= 4 is 17.7 Å². The second kappa shape index (κ2) is 9.60. The normalized spacial score (nSPS) is 11.3. The van der Waals surface area contributed by atoms with Crippen molar-refractivity contribution in [3.63, 3.8) is 0 Å². The molecule has 2 aromatic rings. The molecule has 0 unspecified atom stereocenters. The number of halogens is 3. The third kappa shape index (κ3) is 5.71. The van der Waals surface area contributed by atoms with Crippen molar-refractivity contribution in [2.45, 2.75) is 39.9 Å². The summed E-state index contributed by atoms with van der Waals surface area (Å²) in [5.74, 6) is -1.91. The Hall–Kier alpha value is -3.10. The topological polar surface area (TPSA) is 77.4 Å². The van der Waals surface area contributed by atoms with Gasteiger partial charge in [-0.2, -0.15) is 13.2 Å². The number of carbonyl (C=O) groups excluding carboxylic acids is 3. The number of carbonyl (C=O) groups is 3. The summed E-state index contributed by atoms with van der Waals surface area (Å²) in [4.78, 5) is 36.1. The van der Waals surface area contributed by atoms with Crippen molar-refractivity contribution in [3.05, 3.63) is 58.4 Å². The number of aromatic nitrogens is 1. The van der Waals surface area contributed by atoms with Gasteiger partial charge in [-0.15, -0.1) is 0 Å². The fourth-order valence-electron chi connectivity index (χ4n) is 2.99. The lowest BCUT2D eigenvalue weighted by molar-refractivity contribution is -0.141. The Bertz CT molecular complexity index is 931. The lowest BCUT2D eigenvalue weighted by Gasteiger charge is -2.09. The van der Waals surface area contributed by atoms with Gasteiger partial charge in [0.25, 0.3) is 5.91 Å². The van der Waals surface area contributed by atoms with Gasteiger partial charge >= 0.3 is 12.1 Å². The van der Waals surface area contributed by atoms with Crippen molar-refractivity contribution in [1.82, 2.24) is 9.88 Å². The smallest absolute Gasteiger partial charge is 0.416 e. The number of nitrogens with zero attached hydrogens (tertiary/aromatic N) is 1. The molecular formula is C21H23F3N2O4. The van der Waals surface area contributed by atoms with Gasteiger partial charge in [0.1, 0.15) is 6.54 Å². The molecule has 162 valence electrons. The number of Topliss-reactive ketones (excluding diaryl/α,β-unsaturated/α-hetero) is 1. The van der Waals surface area contributed by atoms with Crippen molar-refractivity contribution in [3.8, 4) is 0 Å². The van der Waals surface area contributed by atoms with Gasteiger partial charge in [0.05, 0.1) is 5.56 Å². The molecule has 1 amide bonds. The Balaban J connectivity index is 1.86. The second-order valence-corrected chi connectivity index (χ2v) is 6.78. The molecule has 0 spiro atoms. The summed E-state index contributed by atoms with van der Waals surface area (Å²) >= 11 is 0. The first-order chi connectivity index (χ1) is 14.0. The molecule has 0 aliphatic heterocycles. The average molecular weight is 424 g/mol. The highest BCUT2D eigenvalue weighted by Crippen LogP contribution is 2.29. The molecule has 1 aromatic carbocycles. The number of esters is 1. The Labute approximate surface area is 172 Å². The van der Waals surface area contributed by atoms with Crippen LogP contribution in [0.5, 0.6) is 0 Å². The molecule has 0 bridgehead atoms. The first-order valence-electron chi connectivity index (χ1n) is 9.35. The summed E-state index contributed by atoms with van der Waals surface area (Å²) in [6.45, 7) is 5.54. The third-order valence-electron chi connectivity index (χ3n) is 4.55. The molecule has 0 saturated heterocycles. The highest BCUT2D eigenvalue weighted by atomic mass is 19.4. The highest BCUT2D eigenvalue weighted by molar-refractivity contribution is 6.00. The zero-order valence-electron chi connectivity index (χ0n) is 16.9. The number of amides is 1. The SMILES string of the molecule is CCCn1c(C)cc(C(=O)COC(=O)CNC(=O)c2ccc(C(F)(F)F)cc2)c1C. The van der Waals surface area contributed by atoms with Crippen molar-refractivity contribution in [1.29, 1.82) is 0 Å². The van der Waals surface area contributed by atoms with Gasteiger partial charge in [-0.05, 0) is 50.6 Å². The van der Waals surface area contributed by atoms with Crippen LogP contribution in [-0.2, 0) is 22.3 Å². The zero-order valence-corrected chi connectivity index (χ0v) is 16.9. The first kappa shape index (κ1) is 23.2. The lowest BCUT2D eigenvalue weighted by Crippen LogP contribution is -2.31. The molecule has 6 nitrogen and oxygen atoms in total. The summed E-state index contributed by atoms with van der Waals surface area (Å²) in [5.41, 5.74) is 1.30. The molecule has 9 heteroatoms. The van der Waals surface area contributed by atoms with E-state index in [9.17, 15) is 27.6 Å². The molecule has 0 saturated carbocycles. The molecule has 0 atom stereocenters. The molecule has 0 aliphatic rings. The number of alkyl halides is 3. The van der Waals surface area contributed by atoms with Crippen LogP contribution >= 0.6 is 0 Å². The van der Waals surface area contributed by atoms with E-state index in [1.807, 2.05) is 25.3 Å². The second-order valence-electron chi connectivity index (χ2n) is 6.78. The minimum atomic E-state index is -4.50. The predicted molar refractivity (Wildman–Crippen MR) is 103 cm³/mol. The van der Waals surface area contributed by atoms with E-state index in [1.165, 1.54) is 0 Å². The number of ketones is 1. The molecule has 0 radical (unpaired) electrons. The van der Waals surface area contributed by atoms with E-state index in [2.05, 4.69) is 5.32 Å². The number of hydrogen-bond donors (Lipinski definition) is 1. The minimum Gasteiger partial charge on any atom is -0.456 e. The van der Waals surface area contributed by atoms with Gasteiger partial charge in [-0.1, -0.05) is 6.92 Å². The molecule has 1 N–H and O–H groups in total. The number of benzene rings is 1. The van der Waals surface area contributed by atoms with Gasteiger partial charge in [-0.3, -0.25) is 14.4 Å². The minimum absolute atomic E-state index is 0.0322. The van der Waals surface area contributed by atoms with E-state index >= 15 is 0 Å². The van der Waals surface area contributed by atoms with Crippen LogP contribution in [-0.4, -0.2) is 35.4 Å². The quantitative estimate of drug-likeness (QED) is 0.518. The van der Waals surface area contributed by atoms with E-state index < -0.39 is 36.8 Å². The fraction of sp³-hybridized carbons (Fsp3) is 0.381. The van der Waals surface area contributed by atoms with Crippen LogP contribution in [0.1, 0.15) is 51.0 Å². The van der Waals surface area contributed by atoms with E-state index in [1.54, 1.807) is 6.07 Å². The Morgan fingerprint density at radius 1 is 1.10 bits per heavy atom. The monoisotopic (exact) mass is 424 g/mol. The summed E-state index contributed by atoms with van der Waals surface area (Å²) in [6.07, 6.45) is -3.59. The van der Waals surface area contributed by atoms with Gasteiger partial charge in [0.2, 0.25) is 5.78 Å². The molecule has 1 heterocycles. The highest BCUT2D eigenvalue weighted by Gasteiger charge is 2.30. The Morgan fingerprint density at radius 3 is 2.30 bits per heavy atom. The molecule has 0 aliphatic carbocycles. The fourth-order valence-corrected chi connectivity index (χ4v) is 2.99. The van der Waals surface area contributed by atoms with Crippen LogP contribution < -0.4 is 5.32 Å². The van der Waals surface area contributed by atoms with Crippen LogP contribution in [0.25, 0.3) is 0 Å². The van der Waals surface area contributed by atoms with E-state index in [-0.39, 0.29) is 11.3 Å². The van der Waals surface area contributed by atoms with Crippen molar-refractivity contribution < 1.29 is 32.3 Å². The molecule has 2 rings (SSSR count). The van der Waals surface area contributed by atoms with Crippen LogP contribution in [0.15, 0.2) is 30.3 Å². The number of ether oxygens (including phenoxy) is 1. The number of aryl methyl sites for hydroxylation is 1. The standard InChI is InChI=1S/C21H23F3N2O4/c1-4-9-26-13(2)10-17(14(26)3)18(27)12-30-19(28)11-25-20(29)15-5-7-16(8-6-15)21(22,23)24/h5-8,10H,4,9,11-12H2,1-3H3,(H,25,29). The summed E-state index contributed by atoms with van der Waals surface area (Å²) < 4.78 is 44.6. The summed E-state index contributed by atoms with van der Waals surface area (Å²) in [7, 11) is 0. The van der Waals surface area contributed by atoms with E-state index in [0.717, 1.165) is 48.6 Å². The number of rotatable bonds is 8. The van der Waals surface area contributed by atoms with Crippen LogP contribution in [0.4, 0.5) is 13.2 Å². The van der Waals surface area contributed by atoms with Crippen LogP contribution in [0.2, 0.25) is 0 Å². The molecule has 1 aromatic heterocycles. The van der Waals surface area contributed by atoms with Gasteiger partial charge in [0, 0.05) is 29.1 Å². The third-order valence-corrected chi connectivity index (χ3v) is 4.55.